The summed E-state index contributed by atoms with van der Waals surface area (Å²) in [5.41, 5.74) is -2.72. The number of rotatable bonds is 21. The van der Waals surface area contributed by atoms with Crippen molar-refractivity contribution in [3.05, 3.63) is 183 Å². The molecule has 7 aromatic rings. The predicted octanol–water partition coefficient (Wildman–Crippen LogP) is 8.59. The van der Waals surface area contributed by atoms with E-state index < -0.39 is 107 Å². The Hall–Kier alpha value is -14.4. The number of aromatic hydroxyl groups is 4. The number of methoxy groups -OCH3 is 14. The number of carboxylic acid groups (broad SMARTS) is 3. The lowest BCUT2D eigenvalue weighted by molar-refractivity contribution is -0.385. The van der Waals surface area contributed by atoms with Gasteiger partial charge in [-0.15, -0.1) is 0 Å². The summed E-state index contributed by atoms with van der Waals surface area (Å²) in [7, 11) is 18.5. The Labute approximate surface area is 580 Å². The fourth-order valence-electron chi connectivity index (χ4n) is 7.49. The van der Waals surface area contributed by atoms with Crippen molar-refractivity contribution in [3.63, 3.8) is 0 Å². The summed E-state index contributed by atoms with van der Waals surface area (Å²) in [5, 5.41) is 105. The number of carbonyl (C=O) groups excluding carboxylic acids is 4. The van der Waals surface area contributed by atoms with Crippen LogP contribution in [-0.4, -0.2) is 197 Å². The summed E-state index contributed by atoms with van der Waals surface area (Å²) < 4.78 is 66.5. The second-order valence-electron chi connectivity index (χ2n) is 18.3. The third-order valence-electron chi connectivity index (χ3n) is 12.5. The average molecular weight is 1460 g/mol. The van der Waals surface area contributed by atoms with E-state index in [-0.39, 0.29) is 74.2 Å². The molecule has 0 aliphatic carbocycles. The smallest absolute Gasteiger partial charge is 0.345 e. The molecule has 0 bridgehead atoms. The highest BCUT2D eigenvalue weighted by atomic mass is 16.6. The fourth-order valence-corrected chi connectivity index (χ4v) is 7.49. The van der Waals surface area contributed by atoms with E-state index in [1.165, 1.54) is 128 Å². The highest BCUT2D eigenvalue weighted by Crippen LogP contribution is 2.38. The van der Waals surface area contributed by atoms with E-state index in [0.717, 1.165) is 56.7 Å². The van der Waals surface area contributed by atoms with E-state index in [4.69, 9.17) is 63.1 Å². The summed E-state index contributed by atoms with van der Waals surface area (Å²) in [6, 6.07) is 20.9. The minimum atomic E-state index is -1.46. The molecule has 0 saturated carbocycles. The van der Waals surface area contributed by atoms with Gasteiger partial charge in [0.15, 0.2) is 80.5 Å². The number of carboxylic acids is 3. The van der Waals surface area contributed by atoms with Crippen LogP contribution in [0.4, 0.5) is 22.7 Å². The molecular weight excluding hydrogens is 1390 g/mol. The second kappa shape index (κ2) is 42.3. The Bertz CT molecular complexity index is 4170. The van der Waals surface area contributed by atoms with Crippen LogP contribution in [0.15, 0.2) is 103 Å². The highest BCUT2D eigenvalue weighted by molar-refractivity contribution is 5.97. The quantitative estimate of drug-likeness (QED) is 0.0153. The van der Waals surface area contributed by atoms with Gasteiger partial charge < -0.3 is 102 Å². The number of phenolic OH excluding ortho intramolecular Hbond substituents is 4. The summed E-state index contributed by atoms with van der Waals surface area (Å²) in [4.78, 5) is 116. The number of benzene rings is 7. The molecule has 0 amide bonds. The first-order chi connectivity index (χ1) is 48.6. The van der Waals surface area contributed by atoms with Gasteiger partial charge in [0.1, 0.15) is 22.3 Å². The zero-order chi connectivity index (χ0) is 78.7. The molecular formula is C63H66N4O36. The molecule has 554 valence electrons. The van der Waals surface area contributed by atoms with Crippen LogP contribution in [-0.2, 0) is 18.9 Å². The molecule has 0 aliphatic rings. The highest BCUT2D eigenvalue weighted by Gasteiger charge is 2.28. The summed E-state index contributed by atoms with van der Waals surface area (Å²) in [6.07, 6.45) is 0. The molecule has 0 saturated heterocycles. The number of carbonyl (C=O) groups is 7. The fraction of sp³-hybridized carbons (Fsp3) is 0.222. The topological polar surface area (TPSA) is 563 Å². The van der Waals surface area contributed by atoms with Crippen LogP contribution in [0, 0.1) is 40.5 Å². The molecule has 0 radical (unpaired) electrons. The molecule has 0 aromatic heterocycles. The maximum atomic E-state index is 11.4. The molecule has 40 nitrogen and oxygen atoms in total. The lowest BCUT2D eigenvalue weighted by Gasteiger charge is -2.09. The molecule has 0 atom stereocenters. The van der Waals surface area contributed by atoms with Crippen molar-refractivity contribution in [3.8, 4) is 80.5 Å². The minimum Gasteiger partial charge on any atom is -0.504 e. The average Bonchev–Trinajstić information content (AvgIpc) is 0.828. The molecule has 40 heteroatoms. The van der Waals surface area contributed by atoms with Crippen LogP contribution in [0.2, 0.25) is 0 Å². The number of hydrogen-bond acceptors (Lipinski definition) is 33. The maximum absolute atomic E-state index is 11.4. The normalized spacial score (nSPS) is 9.53. The van der Waals surface area contributed by atoms with E-state index in [2.05, 4.69) is 23.7 Å². The molecule has 7 N–H and O–H groups in total. The van der Waals surface area contributed by atoms with E-state index in [0.29, 0.717) is 22.6 Å². The van der Waals surface area contributed by atoms with Crippen LogP contribution in [0.25, 0.3) is 0 Å². The van der Waals surface area contributed by atoms with Crippen molar-refractivity contribution in [1.29, 1.82) is 0 Å². The molecule has 7 aromatic carbocycles. The van der Waals surface area contributed by atoms with E-state index in [9.17, 15) is 89.3 Å². The van der Waals surface area contributed by atoms with Gasteiger partial charge in [0.25, 0.3) is 22.7 Å². The van der Waals surface area contributed by atoms with Gasteiger partial charge in [-0.2, -0.15) is 0 Å². The number of aromatic carboxylic acids is 3. The number of esters is 4. The predicted molar refractivity (Wildman–Crippen MR) is 350 cm³/mol. The Morgan fingerprint density at radius 1 is 0.262 bits per heavy atom. The molecule has 0 fully saturated rings. The minimum absolute atomic E-state index is 0.00449. The van der Waals surface area contributed by atoms with Crippen molar-refractivity contribution in [1.82, 2.24) is 0 Å². The Morgan fingerprint density at radius 3 is 0.806 bits per heavy atom. The molecule has 0 heterocycles. The van der Waals surface area contributed by atoms with Gasteiger partial charge in [-0.25, -0.2) is 33.6 Å². The van der Waals surface area contributed by atoms with Gasteiger partial charge in [0, 0.05) is 24.3 Å². The van der Waals surface area contributed by atoms with Crippen molar-refractivity contribution < 1.29 is 155 Å². The van der Waals surface area contributed by atoms with Gasteiger partial charge in [-0.1, -0.05) is 0 Å². The first-order valence-electron chi connectivity index (χ1n) is 27.5. The van der Waals surface area contributed by atoms with Crippen LogP contribution in [0.5, 0.6) is 80.5 Å². The third kappa shape index (κ3) is 24.9. The van der Waals surface area contributed by atoms with Crippen molar-refractivity contribution >= 4 is 64.5 Å². The van der Waals surface area contributed by atoms with Gasteiger partial charge in [-0.05, 0) is 54.6 Å². The van der Waals surface area contributed by atoms with Crippen molar-refractivity contribution in [2.24, 2.45) is 0 Å². The summed E-state index contributed by atoms with van der Waals surface area (Å²) in [6.45, 7) is 0. The van der Waals surface area contributed by atoms with E-state index in [1.807, 2.05) is 0 Å². The zero-order valence-electron chi connectivity index (χ0n) is 56.6. The maximum Gasteiger partial charge on any atom is 0.345 e. The molecule has 0 unspecified atom stereocenters. The van der Waals surface area contributed by atoms with Crippen LogP contribution in [0.1, 0.15) is 72.5 Å². The summed E-state index contributed by atoms with van der Waals surface area (Å²) >= 11 is 0. The largest absolute Gasteiger partial charge is 0.504 e. The number of hydrogen-bond donors (Lipinski definition) is 7. The number of phenols is 4. The van der Waals surface area contributed by atoms with Gasteiger partial charge in [-0.3, -0.25) is 40.5 Å². The third-order valence-corrected chi connectivity index (χ3v) is 12.5. The Balaban J connectivity index is 0.000000602. The molecule has 0 aliphatic heterocycles. The van der Waals surface area contributed by atoms with E-state index in [1.54, 1.807) is 18.2 Å². The lowest BCUT2D eigenvalue weighted by atomic mass is 10.1. The monoisotopic (exact) mass is 1450 g/mol. The van der Waals surface area contributed by atoms with E-state index >= 15 is 0 Å². The second-order valence-corrected chi connectivity index (χ2v) is 18.3. The van der Waals surface area contributed by atoms with Crippen molar-refractivity contribution in [2.45, 2.75) is 0 Å². The number of nitro benzene ring substituents is 4. The standard InChI is InChI=1S/C10H11NO6.C10H12O4.2C9H9NO6.C9H10O4.C8H7NO6.C8H8O4/c1-15-8-4-6(10(12)17-3)7(11(13)14)5-9(8)16-2;1-12-8-5-4-7(10(11)14-3)6-9(8)13-2;1-15-8-3-5(9(12)16-2)6(10(13)14)4-7(8)11;1-15-7-3-5(9(11)12)6(10(13)14)4-8(7)16-2;1-12-8-5-6(9(11)13-2)3-4-7(8)10;1-15-7-2-4(8(11)12)5(9(13)14)3-6(7)10;1-12-7-4-5(8(10)11)2-3-6(7)9/h4-5H,1-3H3;4-6H,1-3H3;3-4,11H,1-2H3;3-4H,1-2H3,(H,11,12);3-5,10H,1-2H3;2-3,10H,1H3,(H,11,12);2-4,9H,1H3,(H,10,11). The van der Waals surface area contributed by atoms with Gasteiger partial charge >= 0.3 is 41.8 Å². The first kappa shape index (κ1) is 86.6. The molecule has 0 spiro atoms. The van der Waals surface area contributed by atoms with Gasteiger partial charge in [0.2, 0.25) is 0 Å². The number of nitrogens with zero attached hydrogens (tertiary/aromatic N) is 4. The zero-order valence-corrected chi connectivity index (χ0v) is 56.6. The SMILES string of the molecule is COC(=O)c1cc(OC)c(O)cc1[N+](=O)[O-].COC(=O)c1cc(OC)c(OC)cc1[N+](=O)[O-].COC(=O)c1ccc(O)c(OC)c1.COC(=O)c1ccc(OC)c(OC)c1.COc1cc(C(=O)O)c([N+](=O)[O-])cc1O.COc1cc(C(=O)O)c([N+](=O)[O-])cc1OC.COc1cc(C(=O)O)ccc1O. The first-order valence-corrected chi connectivity index (χ1v) is 27.5. The lowest BCUT2D eigenvalue weighted by Crippen LogP contribution is -2.07. The van der Waals surface area contributed by atoms with Gasteiger partial charge in [0.05, 0.1) is 160 Å². The summed E-state index contributed by atoms with van der Waals surface area (Å²) in [5.74, 6) is -5.42. The van der Waals surface area contributed by atoms with Crippen molar-refractivity contribution in [2.75, 3.05) is 99.5 Å². The number of nitro groups is 4. The van der Waals surface area contributed by atoms with Crippen LogP contribution < -0.4 is 47.4 Å². The van der Waals surface area contributed by atoms with Crippen LogP contribution >= 0.6 is 0 Å². The Kier molecular flexibility index (Phi) is 35.6. The molecule has 7 rings (SSSR count). The Morgan fingerprint density at radius 2 is 0.495 bits per heavy atom. The van der Waals surface area contributed by atoms with Crippen LogP contribution in [0.3, 0.4) is 0 Å². The number of ether oxygens (including phenoxy) is 14. The molecule has 103 heavy (non-hydrogen) atoms.